The molecule has 2 heterocycles. The molecule has 10 heteroatoms. The standard InChI is InChI=1S/C26H22FN3O5S/c1-33-20-9-7-19(8-10-20)29-26-30(14-16-2-11-21-22(12-16)35-15-34-21)24(31)13-23(36-26)25(32)28-18-5-3-17(27)4-6-18/h2-12,23H,13-15H2,1H3,(H,28,32)/t23-/m0/s1. The number of halogens is 1. The lowest BCUT2D eigenvalue weighted by Crippen LogP contribution is -2.44. The van der Waals surface area contributed by atoms with E-state index in [0.29, 0.717) is 33.8 Å². The van der Waals surface area contributed by atoms with Gasteiger partial charge in [-0.3, -0.25) is 14.5 Å². The molecule has 0 spiro atoms. The maximum atomic E-state index is 13.3. The fourth-order valence-corrected chi connectivity index (χ4v) is 4.84. The van der Waals surface area contributed by atoms with E-state index in [0.717, 1.165) is 5.56 Å². The normalized spacial score (nSPS) is 17.8. The van der Waals surface area contributed by atoms with E-state index in [1.807, 2.05) is 12.1 Å². The number of carbonyl (C=O) groups excluding carboxylic acids is 2. The predicted molar refractivity (Wildman–Crippen MR) is 134 cm³/mol. The number of methoxy groups -OCH3 is 1. The summed E-state index contributed by atoms with van der Waals surface area (Å²) in [6.45, 7) is 0.413. The van der Waals surface area contributed by atoms with Crippen LogP contribution in [-0.2, 0) is 16.1 Å². The van der Waals surface area contributed by atoms with Crippen molar-refractivity contribution < 1.29 is 28.2 Å². The zero-order valence-corrected chi connectivity index (χ0v) is 20.1. The average Bonchev–Trinajstić information content (AvgIpc) is 3.35. The number of rotatable bonds is 6. The quantitative estimate of drug-likeness (QED) is 0.519. The third kappa shape index (κ3) is 5.28. The minimum atomic E-state index is -0.701. The van der Waals surface area contributed by atoms with Crippen LogP contribution in [-0.4, -0.2) is 41.0 Å². The van der Waals surface area contributed by atoms with Crippen molar-refractivity contribution in [1.82, 2.24) is 4.90 Å². The molecule has 8 nitrogen and oxygen atoms in total. The Morgan fingerprint density at radius 1 is 1.11 bits per heavy atom. The van der Waals surface area contributed by atoms with Gasteiger partial charge >= 0.3 is 0 Å². The number of fused-ring (bicyclic) bond motifs is 1. The second-order valence-electron chi connectivity index (χ2n) is 8.07. The average molecular weight is 508 g/mol. The maximum absolute atomic E-state index is 13.3. The molecule has 0 aliphatic carbocycles. The number of amidine groups is 1. The number of ether oxygens (including phenoxy) is 3. The summed E-state index contributed by atoms with van der Waals surface area (Å²) >= 11 is 1.21. The topological polar surface area (TPSA) is 89.5 Å². The number of nitrogens with one attached hydrogen (secondary N) is 1. The van der Waals surface area contributed by atoms with Crippen molar-refractivity contribution in [2.24, 2.45) is 4.99 Å². The molecular weight excluding hydrogens is 485 g/mol. The Morgan fingerprint density at radius 2 is 1.86 bits per heavy atom. The van der Waals surface area contributed by atoms with Crippen molar-refractivity contribution in [2.75, 3.05) is 19.2 Å². The summed E-state index contributed by atoms with van der Waals surface area (Å²) in [5, 5.41) is 2.45. The van der Waals surface area contributed by atoms with E-state index >= 15 is 0 Å². The molecule has 3 aromatic rings. The molecule has 0 radical (unpaired) electrons. The molecule has 1 saturated heterocycles. The van der Waals surface area contributed by atoms with Gasteiger partial charge in [0.1, 0.15) is 16.8 Å². The van der Waals surface area contributed by atoms with Crippen molar-refractivity contribution in [3.8, 4) is 17.2 Å². The van der Waals surface area contributed by atoms with E-state index in [1.165, 1.54) is 36.0 Å². The lowest BCUT2D eigenvalue weighted by molar-refractivity contribution is -0.129. The van der Waals surface area contributed by atoms with Gasteiger partial charge in [0.15, 0.2) is 16.7 Å². The highest BCUT2D eigenvalue weighted by atomic mass is 32.2. The Labute approximate surface area is 211 Å². The van der Waals surface area contributed by atoms with E-state index in [-0.39, 0.29) is 31.6 Å². The van der Waals surface area contributed by atoms with Gasteiger partial charge in [-0.25, -0.2) is 9.38 Å². The van der Waals surface area contributed by atoms with Crippen molar-refractivity contribution in [3.63, 3.8) is 0 Å². The van der Waals surface area contributed by atoms with E-state index in [4.69, 9.17) is 14.2 Å². The molecule has 0 bridgehead atoms. The van der Waals surface area contributed by atoms with Crippen LogP contribution < -0.4 is 19.5 Å². The Bertz CT molecular complexity index is 1310. The largest absolute Gasteiger partial charge is 0.497 e. The summed E-state index contributed by atoms with van der Waals surface area (Å²) in [7, 11) is 1.58. The molecule has 1 fully saturated rings. The van der Waals surface area contributed by atoms with Gasteiger partial charge in [0.2, 0.25) is 18.6 Å². The van der Waals surface area contributed by atoms with Crippen LogP contribution >= 0.6 is 11.8 Å². The van der Waals surface area contributed by atoms with Crippen LogP contribution in [0.3, 0.4) is 0 Å². The monoisotopic (exact) mass is 507 g/mol. The molecule has 0 saturated carbocycles. The number of thioether (sulfide) groups is 1. The molecule has 0 unspecified atom stereocenters. The number of hydrogen-bond acceptors (Lipinski definition) is 7. The van der Waals surface area contributed by atoms with Crippen molar-refractivity contribution in [3.05, 3.63) is 78.1 Å². The summed E-state index contributed by atoms with van der Waals surface area (Å²) in [6, 6.07) is 18.1. The van der Waals surface area contributed by atoms with Gasteiger partial charge in [-0.2, -0.15) is 0 Å². The number of hydrogen-bond donors (Lipinski definition) is 1. The van der Waals surface area contributed by atoms with Gasteiger partial charge in [0.25, 0.3) is 0 Å². The second kappa shape index (κ2) is 10.3. The first-order valence-electron chi connectivity index (χ1n) is 11.1. The molecule has 5 rings (SSSR count). The molecule has 1 atom stereocenters. The number of nitrogens with zero attached hydrogens (tertiary/aromatic N) is 2. The minimum Gasteiger partial charge on any atom is -0.497 e. The first-order valence-corrected chi connectivity index (χ1v) is 12.0. The van der Waals surface area contributed by atoms with Crippen LogP contribution in [0.25, 0.3) is 0 Å². The van der Waals surface area contributed by atoms with E-state index in [1.54, 1.807) is 42.3 Å². The molecule has 1 N–H and O–H groups in total. The molecular formula is C26H22FN3O5S. The van der Waals surface area contributed by atoms with Crippen LogP contribution in [0, 0.1) is 5.82 Å². The Morgan fingerprint density at radius 3 is 2.61 bits per heavy atom. The van der Waals surface area contributed by atoms with Crippen LogP contribution in [0.15, 0.2) is 71.7 Å². The van der Waals surface area contributed by atoms with E-state index in [2.05, 4.69) is 10.3 Å². The summed E-state index contributed by atoms with van der Waals surface area (Å²) in [6.07, 6.45) is -0.0100. The third-order valence-electron chi connectivity index (χ3n) is 5.62. The highest BCUT2D eigenvalue weighted by Gasteiger charge is 2.36. The first kappa shape index (κ1) is 23.7. The molecule has 36 heavy (non-hydrogen) atoms. The highest BCUT2D eigenvalue weighted by molar-refractivity contribution is 8.15. The van der Waals surface area contributed by atoms with Crippen molar-refractivity contribution >= 4 is 40.1 Å². The van der Waals surface area contributed by atoms with Crippen LogP contribution in [0.4, 0.5) is 15.8 Å². The number of anilines is 1. The first-order chi connectivity index (χ1) is 17.5. The lowest BCUT2D eigenvalue weighted by Gasteiger charge is -2.32. The van der Waals surface area contributed by atoms with Crippen LogP contribution in [0.1, 0.15) is 12.0 Å². The van der Waals surface area contributed by atoms with Gasteiger partial charge in [-0.1, -0.05) is 17.8 Å². The number of aliphatic imine (C=N–C) groups is 1. The van der Waals surface area contributed by atoms with E-state index in [9.17, 15) is 14.0 Å². The zero-order chi connectivity index (χ0) is 25.1. The predicted octanol–water partition coefficient (Wildman–Crippen LogP) is 4.72. The molecule has 3 aromatic carbocycles. The maximum Gasteiger partial charge on any atom is 0.238 e. The number of carbonyl (C=O) groups is 2. The summed E-state index contributed by atoms with van der Waals surface area (Å²) < 4.78 is 29.3. The molecule has 2 amide bonds. The fraction of sp³-hybridized carbons (Fsp3) is 0.192. The minimum absolute atomic E-state index is 0.0100. The fourth-order valence-electron chi connectivity index (χ4n) is 3.74. The number of amides is 2. The Hall–Kier alpha value is -4.05. The van der Waals surface area contributed by atoms with E-state index < -0.39 is 11.1 Å². The van der Waals surface area contributed by atoms with Crippen LogP contribution in [0.2, 0.25) is 0 Å². The molecule has 184 valence electrons. The van der Waals surface area contributed by atoms with Gasteiger partial charge < -0.3 is 19.5 Å². The van der Waals surface area contributed by atoms with Gasteiger partial charge in [-0.05, 0) is 66.2 Å². The van der Waals surface area contributed by atoms with Crippen molar-refractivity contribution in [1.29, 1.82) is 0 Å². The van der Waals surface area contributed by atoms with Gasteiger partial charge in [0, 0.05) is 12.1 Å². The molecule has 2 aliphatic rings. The molecule has 2 aliphatic heterocycles. The van der Waals surface area contributed by atoms with Crippen molar-refractivity contribution in [2.45, 2.75) is 18.2 Å². The summed E-state index contributed by atoms with van der Waals surface area (Å²) in [5.41, 5.74) is 1.90. The number of benzene rings is 3. The summed E-state index contributed by atoms with van der Waals surface area (Å²) in [4.78, 5) is 32.5. The second-order valence-corrected chi connectivity index (χ2v) is 9.24. The lowest BCUT2D eigenvalue weighted by atomic mass is 10.1. The van der Waals surface area contributed by atoms with Gasteiger partial charge in [-0.15, -0.1) is 0 Å². The van der Waals surface area contributed by atoms with Gasteiger partial charge in [0.05, 0.1) is 19.3 Å². The Kier molecular flexibility index (Phi) is 6.77. The van der Waals surface area contributed by atoms with Crippen LogP contribution in [0.5, 0.6) is 17.2 Å². The summed E-state index contributed by atoms with van der Waals surface area (Å²) in [5.74, 6) is 0.962. The smallest absolute Gasteiger partial charge is 0.238 e. The molecule has 0 aromatic heterocycles. The Balaban J connectivity index is 1.40. The SMILES string of the molecule is COc1ccc(N=C2S[C@H](C(=O)Nc3ccc(F)cc3)CC(=O)N2Cc2ccc3c(c2)OCO3)cc1. The zero-order valence-electron chi connectivity index (χ0n) is 19.3. The highest BCUT2D eigenvalue weighted by Crippen LogP contribution is 2.35. The third-order valence-corrected chi connectivity index (χ3v) is 6.81.